The van der Waals surface area contributed by atoms with Crippen LogP contribution in [0.1, 0.15) is 12.0 Å². The summed E-state index contributed by atoms with van der Waals surface area (Å²) in [7, 11) is 0. The Morgan fingerprint density at radius 2 is 2.09 bits per heavy atom. The Labute approximate surface area is 127 Å². The molecule has 5 nitrogen and oxygen atoms in total. The zero-order chi connectivity index (χ0) is 15.5. The standard InChI is InChI=1S/C17H18N2O3/c1-12-6-7-15-16(10-12)22-17(20)19(15)8-3-9-21-14-5-2-4-13(18)11-14/h2,4-7,10-11H,3,8-9,18H2,1H3. The van der Waals surface area contributed by atoms with Gasteiger partial charge in [-0.3, -0.25) is 4.57 Å². The van der Waals surface area contributed by atoms with Gasteiger partial charge in [-0.25, -0.2) is 4.79 Å². The van der Waals surface area contributed by atoms with E-state index >= 15 is 0 Å². The van der Waals surface area contributed by atoms with E-state index in [4.69, 9.17) is 14.9 Å². The van der Waals surface area contributed by atoms with Gasteiger partial charge in [-0.1, -0.05) is 12.1 Å². The zero-order valence-electron chi connectivity index (χ0n) is 12.4. The second-order valence-corrected chi connectivity index (χ2v) is 5.27. The molecule has 0 aliphatic rings. The fourth-order valence-corrected chi connectivity index (χ4v) is 2.40. The summed E-state index contributed by atoms with van der Waals surface area (Å²) in [6.07, 6.45) is 0.706. The summed E-state index contributed by atoms with van der Waals surface area (Å²) >= 11 is 0. The third kappa shape index (κ3) is 2.98. The van der Waals surface area contributed by atoms with Crippen molar-refractivity contribution in [3.63, 3.8) is 0 Å². The van der Waals surface area contributed by atoms with Crippen molar-refractivity contribution in [1.82, 2.24) is 4.57 Å². The molecule has 3 rings (SSSR count). The molecule has 0 unspecified atom stereocenters. The van der Waals surface area contributed by atoms with Crippen LogP contribution < -0.4 is 16.2 Å². The van der Waals surface area contributed by atoms with Crippen molar-refractivity contribution in [2.75, 3.05) is 12.3 Å². The molecule has 1 aromatic heterocycles. The molecule has 0 saturated carbocycles. The highest BCUT2D eigenvalue weighted by Gasteiger charge is 2.08. The summed E-state index contributed by atoms with van der Waals surface area (Å²) in [4.78, 5) is 11.9. The number of benzene rings is 2. The van der Waals surface area contributed by atoms with Crippen molar-refractivity contribution < 1.29 is 9.15 Å². The summed E-state index contributed by atoms with van der Waals surface area (Å²) < 4.78 is 12.5. The van der Waals surface area contributed by atoms with Crippen LogP contribution in [0, 0.1) is 6.92 Å². The molecule has 3 aromatic rings. The van der Waals surface area contributed by atoms with Gasteiger partial charge in [0.1, 0.15) is 5.75 Å². The lowest BCUT2D eigenvalue weighted by Crippen LogP contribution is -2.15. The average molecular weight is 298 g/mol. The van der Waals surface area contributed by atoms with Crippen molar-refractivity contribution in [3.05, 3.63) is 58.6 Å². The Hall–Kier alpha value is -2.69. The van der Waals surface area contributed by atoms with E-state index in [0.29, 0.717) is 30.8 Å². The van der Waals surface area contributed by atoms with E-state index in [1.807, 2.05) is 43.3 Å². The van der Waals surface area contributed by atoms with E-state index in [1.54, 1.807) is 10.6 Å². The SMILES string of the molecule is Cc1ccc2c(c1)oc(=O)n2CCCOc1cccc(N)c1. The molecule has 0 bridgehead atoms. The predicted molar refractivity (Wildman–Crippen MR) is 86.2 cm³/mol. The number of hydrogen-bond donors (Lipinski definition) is 1. The van der Waals surface area contributed by atoms with Crippen LogP contribution in [0.3, 0.4) is 0 Å². The minimum Gasteiger partial charge on any atom is -0.493 e. The van der Waals surface area contributed by atoms with E-state index in [2.05, 4.69) is 0 Å². The van der Waals surface area contributed by atoms with Crippen molar-refractivity contribution in [3.8, 4) is 5.75 Å². The van der Waals surface area contributed by atoms with Gasteiger partial charge in [0.05, 0.1) is 12.1 Å². The Bertz CT molecular complexity index is 848. The third-order valence-corrected chi connectivity index (χ3v) is 3.48. The molecule has 0 fully saturated rings. The second kappa shape index (κ2) is 5.97. The van der Waals surface area contributed by atoms with Crippen LogP contribution in [0.25, 0.3) is 11.1 Å². The van der Waals surface area contributed by atoms with Crippen LogP contribution in [0.15, 0.2) is 51.7 Å². The van der Waals surface area contributed by atoms with Gasteiger partial charge in [0.15, 0.2) is 5.58 Å². The normalized spacial score (nSPS) is 11.0. The second-order valence-electron chi connectivity index (χ2n) is 5.27. The van der Waals surface area contributed by atoms with Gasteiger partial charge < -0.3 is 14.9 Å². The number of fused-ring (bicyclic) bond motifs is 1. The zero-order valence-corrected chi connectivity index (χ0v) is 12.4. The number of ether oxygens (including phenoxy) is 1. The van der Waals surface area contributed by atoms with Gasteiger partial charge in [0, 0.05) is 18.3 Å². The molecule has 0 saturated heterocycles. The number of anilines is 1. The van der Waals surface area contributed by atoms with Crippen molar-refractivity contribution in [2.24, 2.45) is 0 Å². The topological polar surface area (TPSA) is 70.4 Å². The Kier molecular flexibility index (Phi) is 3.87. The molecular formula is C17H18N2O3. The van der Waals surface area contributed by atoms with Gasteiger partial charge in [-0.05, 0) is 43.2 Å². The van der Waals surface area contributed by atoms with E-state index in [0.717, 1.165) is 16.8 Å². The van der Waals surface area contributed by atoms with Crippen LogP contribution in [0.2, 0.25) is 0 Å². The van der Waals surface area contributed by atoms with Gasteiger partial charge in [0.2, 0.25) is 0 Å². The number of nitrogens with two attached hydrogens (primary N) is 1. The number of oxazole rings is 1. The lowest BCUT2D eigenvalue weighted by atomic mass is 10.2. The van der Waals surface area contributed by atoms with Gasteiger partial charge >= 0.3 is 5.76 Å². The lowest BCUT2D eigenvalue weighted by molar-refractivity contribution is 0.300. The molecule has 0 radical (unpaired) electrons. The van der Waals surface area contributed by atoms with Crippen LogP contribution in [-0.4, -0.2) is 11.2 Å². The van der Waals surface area contributed by atoms with E-state index in [-0.39, 0.29) is 5.76 Å². The number of nitrogens with zero attached hydrogens (tertiary/aromatic N) is 1. The van der Waals surface area contributed by atoms with E-state index in [9.17, 15) is 4.79 Å². The molecule has 2 N–H and O–H groups in total. The average Bonchev–Trinajstić information content (AvgIpc) is 2.78. The van der Waals surface area contributed by atoms with Crippen LogP contribution in [-0.2, 0) is 6.54 Å². The smallest absolute Gasteiger partial charge is 0.419 e. The summed E-state index contributed by atoms with van der Waals surface area (Å²) in [5.41, 5.74) is 8.88. The first-order chi connectivity index (χ1) is 10.6. The molecule has 2 aromatic carbocycles. The van der Waals surface area contributed by atoms with Gasteiger partial charge in [-0.15, -0.1) is 0 Å². The predicted octanol–water partition coefficient (Wildman–Crippen LogP) is 2.95. The first-order valence-electron chi connectivity index (χ1n) is 7.22. The van der Waals surface area contributed by atoms with Crippen LogP contribution in [0.4, 0.5) is 5.69 Å². The minimum absolute atomic E-state index is 0.329. The van der Waals surface area contributed by atoms with Crippen LogP contribution in [0.5, 0.6) is 5.75 Å². The first kappa shape index (κ1) is 14.3. The molecule has 0 aliphatic heterocycles. The van der Waals surface area contributed by atoms with E-state index < -0.39 is 0 Å². The Morgan fingerprint density at radius 1 is 1.23 bits per heavy atom. The van der Waals surface area contributed by atoms with Crippen molar-refractivity contribution in [1.29, 1.82) is 0 Å². The summed E-state index contributed by atoms with van der Waals surface area (Å²) in [5.74, 6) is 0.407. The maximum atomic E-state index is 11.9. The molecule has 5 heteroatoms. The highest BCUT2D eigenvalue weighted by atomic mass is 16.5. The molecule has 1 heterocycles. The Balaban J connectivity index is 1.64. The van der Waals surface area contributed by atoms with E-state index in [1.165, 1.54) is 0 Å². The molecule has 22 heavy (non-hydrogen) atoms. The molecule has 0 spiro atoms. The Morgan fingerprint density at radius 3 is 2.91 bits per heavy atom. The fourth-order valence-electron chi connectivity index (χ4n) is 2.40. The molecule has 0 amide bonds. The highest BCUT2D eigenvalue weighted by molar-refractivity contribution is 5.73. The summed E-state index contributed by atoms with van der Waals surface area (Å²) in [5, 5.41) is 0. The lowest BCUT2D eigenvalue weighted by Gasteiger charge is -2.07. The molecular weight excluding hydrogens is 280 g/mol. The molecule has 0 atom stereocenters. The quantitative estimate of drug-likeness (QED) is 0.580. The van der Waals surface area contributed by atoms with Gasteiger partial charge in [0.25, 0.3) is 0 Å². The third-order valence-electron chi connectivity index (χ3n) is 3.48. The number of nitrogen functional groups attached to an aromatic ring is 1. The summed E-state index contributed by atoms with van der Waals surface area (Å²) in [6, 6.07) is 13.1. The number of hydrogen-bond acceptors (Lipinski definition) is 4. The monoisotopic (exact) mass is 298 g/mol. The summed E-state index contributed by atoms with van der Waals surface area (Å²) in [6.45, 7) is 3.03. The van der Waals surface area contributed by atoms with Crippen molar-refractivity contribution in [2.45, 2.75) is 19.9 Å². The number of aryl methyl sites for hydroxylation is 2. The largest absolute Gasteiger partial charge is 0.493 e. The fraction of sp³-hybridized carbons (Fsp3) is 0.235. The number of rotatable bonds is 5. The minimum atomic E-state index is -0.329. The maximum Gasteiger partial charge on any atom is 0.419 e. The molecule has 0 aliphatic carbocycles. The number of aromatic nitrogens is 1. The van der Waals surface area contributed by atoms with Gasteiger partial charge in [-0.2, -0.15) is 0 Å². The maximum absolute atomic E-state index is 11.9. The van der Waals surface area contributed by atoms with Crippen LogP contribution >= 0.6 is 0 Å². The van der Waals surface area contributed by atoms with Crippen molar-refractivity contribution >= 4 is 16.8 Å². The molecule has 114 valence electrons. The highest BCUT2D eigenvalue weighted by Crippen LogP contribution is 2.16. The first-order valence-corrected chi connectivity index (χ1v) is 7.22.